The molecule has 0 spiro atoms. The highest BCUT2D eigenvalue weighted by atomic mass is 15.1. The van der Waals surface area contributed by atoms with Crippen LogP contribution in [0.4, 0.5) is 11.6 Å². The van der Waals surface area contributed by atoms with Gasteiger partial charge in [0.15, 0.2) is 0 Å². The lowest BCUT2D eigenvalue weighted by Gasteiger charge is -2.17. The fraction of sp³-hybridized carbons (Fsp3) is 0.471. The van der Waals surface area contributed by atoms with E-state index in [1.165, 1.54) is 38.5 Å². The molecule has 116 valence electrons. The summed E-state index contributed by atoms with van der Waals surface area (Å²) >= 11 is 0. The van der Waals surface area contributed by atoms with Gasteiger partial charge in [0.1, 0.15) is 18.0 Å². The van der Waals surface area contributed by atoms with Crippen LogP contribution in [0.1, 0.15) is 44.1 Å². The number of rotatable bonds is 5. The van der Waals surface area contributed by atoms with Gasteiger partial charge in [-0.25, -0.2) is 9.97 Å². The largest absolute Gasteiger partial charge is 0.367 e. The highest BCUT2D eigenvalue weighted by Crippen LogP contribution is 2.21. The average Bonchev–Trinajstić information content (AvgIpc) is 2.83. The third-order valence-electron chi connectivity index (χ3n) is 4.07. The van der Waals surface area contributed by atoms with E-state index in [2.05, 4.69) is 25.6 Å². The molecule has 0 aliphatic heterocycles. The summed E-state index contributed by atoms with van der Waals surface area (Å²) in [6.07, 6.45) is 13.1. The third-order valence-corrected chi connectivity index (χ3v) is 4.07. The smallest absolute Gasteiger partial charge is 0.131 e. The summed E-state index contributed by atoms with van der Waals surface area (Å²) < 4.78 is 0. The molecule has 3 rings (SSSR count). The molecule has 0 atom stereocenters. The van der Waals surface area contributed by atoms with Gasteiger partial charge in [0.2, 0.25) is 0 Å². The monoisotopic (exact) mass is 297 g/mol. The quantitative estimate of drug-likeness (QED) is 0.825. The maximum Gasteiger partial charge on any atom is 0.131 e. The Bertz CT molecular complexity index is 564. The Kier molecular flexibility index (Phi) is 5.18. The summed E-state index contributed by atoms with van der Waals surface area (Å²) in [6, 6.07) is 6.52. The zero-order chi connectivity index (χ0) is 15.0. The van der Waals surface area contributed by atoms with Crippen molar-refractivity contribution >= 4 is 11.6 Å². The van der Waals surface area contributed by atoms with Crippen LogP contribution in [-0.4, -0.2) is 21.0 Å². The number of aromatic nitrogens is 3. The van der Waals surface area contributed by atoms with Crippen molar-refractivity contribution in [2.45, 2.75) is 51.1 Å². The van der Waals surface area contributed by atoms with E-state index in [0.29, 0.717) is 12.6 Å². The Hall–Kier alpha value is -2.17. The molecule has 2 aromatic rings. The second kappa shape index (κ2) is 7.73. The second-order valence-corrected chi connectivity index (χ2v) is 5.84. The van der Waals surface area contributed by atoms with Gasteiger partial charge in [-0.3, -0.25) is 4.98 Å². The van der Waals surface area contributed by atoms with Crippen LogP contribution in [0.5, 0.6) is 0 Å². The second-order valence-electron chi connectivity index (χ2n) is 5.84. The molecule has 2 N–H and O–H groups in total. The minimum absolute atomic E-state index is 0.545. The molecule has 2 heterocycles. The average molecular weight is 297 g/mol. The zero-order valence-corrected chi connectivity index (χ0v) is 12.8. The molecule has 1 aliphatic rings. The molecule has 0 bridgehead atoms. The third kappa shape index (κ3) is 4.41. The van der Waals surface area contributed by atoms with Gasteiger partial charge in [0.25, 0.3) is 0 Å². The van der Waals surface area contributed by atoms with Crippen LogP contribution in [0.2, 0.25) is 0 Å². The highest BCUT2D eigenvalue weighted by Gasteiger charge is 2.12. The van der Waals surface area contributed by atoms with Gasteiger partial charge in [-0.2, -0.15) is 0 Å². The SMILES string of the molecule is c1cncc(CNc2cc(NC3CCCCCC3)ncn2)c1. The van der Waals surface area contributed by atoms with E-state index in [1.54, 1.807) is 12.5 Å². The molecule has 2 aromatic heterocycles. The van der Waals surface area contributed by atoms with Gasteiger partial charge >= 0.3 is 0 Å². The summed E-state index contributed by atoms with van der Waals surface area (Å²) in [5.74, 6) is 1.76. The van der Waals surface area contributed by atoms with Crippen molar-refractivity contribution in [1.82, 2.24) is 15.0 Å². The Labute approximate surface area is 131 Å². The van der Waals surface area contributed by atoms with E-state index in [9.17, 15) is 0 Å². The van der Waals surface area contributed by atoms with Gasteiger partial charge in [-0.05, 0) is 24.5 Å². The molecule has 0 radical (unpaired) electrons. The van der Waals surface area contributed by atoms with Crippen molar-refractivity contribution < 1.29 is 0 Å². The van der Waals surface area contributed by atoms with Crippen LogP contribution >= 0.6 is 0 Å². The Morgan fingerprint density at radius 1 is 1.05 bits per heavy atom. The van der Waals surface area contributed by atoms with E-state index in [0.717, 1.165) is 17.2 Å². The Morgan fingerprint density at radius 2 is 1.86 bits per heavy atom. The molecule has 0 aromatic carbocycles. The van der Waals surface area contributed by atoms with Gasteiger partial charge in [-0.15, -0.1) is 0 Å². The predicted octanol–water partition coefficient (Wildman–Crippen LogP) is 3.62. The summed E-state index contributed by atoms with van der Waals surface area (Å²) in [7, 11) is 0. The molecule has 0 unspecified atom stereocenters. The Balaban J connectivity index is 1.57. The number of nitrogens with zero attached hydrogens (tertiary/aromatic N) is 3. The summed E-state index contributed by atoms with van der Waals surface area (Å²) in [5, 5.41) is 6.88. The van der Waals surface area contributed by atoms with E-state index >= 15 is 0 Å². The van der Waals surface area contributed by atoms with Crippen LogP contribution in [0.15, 0.2) is 36.9 Å². The Morgan fingerprint density at radius 3 is 2.64 bits per heavy atom. The molecule has 1 aliphatic carbocycles. The standard InChI is InChI=1S/C17H23N5/c1-2-4-8-15(7-3-1)22-17-10-16(20-13-21-17)19-12-14-6-5-9-18-11-14/h5-6,9-11,13,15H,1-4,7-8,12H2,(H2,19,20,21,22). The van der Waals surface area contributed by atoms with Crippen LogP contribution in [0, 0.1) is 0 Å². The van der Waals surface area contributed by atoms with Crippen LogP contribution < -0.4 is 10.6 Å². The molecule has 0 amide bonds. The molecule has 5 nitrogen and oxygen atoms in total. The topological polar surface area (TPSA) is 62.7 Å². The fourth-order valence-electron chi connectivity index (χ4n) is 2.86. The summed E-state index contributed by atoms with van der Waals surface area (Å²) in [5.41, 5.74) is 1.14. The lowest BCUT2D eigenvalue weighted by molar-refractivity contribution is 0.617. The van der Waals surface area contributed by atoms with Crippen molar-refractivity contribution in [3.8, 4) is 0 Å². The first-order valence-electron chi connectivity index (χ1n) is 8.11. The molecule has 22 heavy (non-hydrogen) atoms. The summed E-state index contributed by atoms with van der Waals surface area (Å²) in [4.78, 5) is 12.7. The van der Waals surface area contributed by atoms with Crippen molar-refractivity contribution in [3.63, 3.8) is 0 Å². The molecule has 1 saturated carbocycles. The maximum absolute atomic E-state index is 4.34. The van der Waals surface area contributed by atoms with E-state index in [-0.39, 0.29) is 0 Å². The minimum atomic E-state index is 0.545. The predicted molar refractivity (Wildman–Crippen MR) is 88.7 cm³/mol. The minimum Gasteiger partial charge on any atom is -0.367 e. The van der Waals surface area contributed by atoms with Gasteiger partial charge in [0.05, 0.1) is 0 Å². The van der Waals surface area contributed by atoms with Gasteiger partial charge in [0, 0.05) is 31.0 Å². The lowest BCUT2D eigenvalue weighted by atomic mass is 10.1. The maximum atomic E-state index is 4.34. The normalized spacial score (nSPS) is 16.0. The van der Waals surface area contributed by atoms with E-state index in [1.807, 2.05) is 24.4 Å². The first-order chi connectivity index (χ1) is 10.9. The number of hydrogen-bond donors (Lipinski definition) is 2. The molecule has 0 saturated heterocycles. The van der Waals surface area contributed by atoms with Crippen molar-refractivity contribution in [2.75, 3.05) is 10.6 Å². The molecular formula is C17H23N5. The van der Waals surface area contributed by atoms with Crippen molar-refractivity contribution in [2.24, 2.45) is 0 Å². The molecular weight excluding hydrogens is 274 g/mol. The van der Waals surface area contributed by atoms with Gasteiger partial charge < -0.3 is 10.6 Å². The summed E-state index contributed by atoms with van der Waals surface area (Å²) in [6.45, 7) is 0.716. The molecule has 1 fully saturated rings. The van der Waals surface area contributed by atoms with E-state index < -0.39 is 0 Å². The number of pyridine rings is 1. The number of nitrogens with one attached hydrogen (secondary N) is 2. The van der Waals surface area contributed by atoms with E-state index in [4.69, 9.17) is 0 Å². The van der Waals surface area contributed by atoms with Crippen molar-refractivity contribution in [3.05, 3.63) is 42.5 Å². The van der Waals surface area contributed by atoms with Gasteiger partial charge in [-0.1, -0.05) is 31.7 Å². The molecule has 5 heteroatoms. The highest BCUT2D eigenvalue weighted by molar-refractivity contribution is 5.47. The number of hydrogen-bond acceptors (Lipinski definition) is 5. The number of anilines is 2. The van der Waals surface area contributed by atoms with Crippen LogP contribution in [-0.2, 0) is 6.54 Å². The van der Waals surface area contributed by atoms with Crippen LogP contribution in [0.3, 0.4) is 0 Å². The lowest BCUT2D eigenvalue weighted by Crippen LogP contribution is -2.19. The fourth-order valence-corrected chi connectivity index (χ4v) is 2.86. The van der Waals surface area contributed by atoms with Crippen molar-refractivity contribution in [1.29, 1.82) is 0 Å². The first kappa shape index (κ1) is 14.8. The first-order valence-corrected chi connectivity index (χ1v) is 8.11. The zero-order valence-electron chi connectivity index (χ0n) is 12.8. The van der Waals surface area contributed by atoms with Crippen LogP contribution in [0.25, 0.3) is 0 Å².